The zero-order valence-electron chi connectivity index (χ0n) is 15.9. The highest BCUT2D eigenvalue weighted by atomic mass is 32.2. The summed E-state index contributed by atoms with van der Waals surface area (Å²) >= 11 is 1.42. The second-order valence-electron chi connectivity index (χ2n) is 7.21. The maximum atomic E-state index is 13.2. The summed E-state index contributed by atoms with van der Waals surface area (Å²) in [7, 11) is -3.13. The number of amides is 1. The van der Waals surface area contributed by atoms with Gasteiger partial charge < -0.3 is 0 Å². The minimum absolute atomic E-state index is 0.0649. The molecule has 1 unspecified atom stereocenters. The lowest BCUT2D eigenvalue weighted by atomic mass is 10.1. The summed E-state index contributed by atoms with van der Waals surface area (Å²) < 4.78 is 23.8. The van der Waals surface area contributed by atoms with Gasteiger partial charge >= 0.3 is 0 Å². The minimum atomic E-state index is -3.13. The molecule has 0 spiro atoms. The molecule has 1 aliphatic heterocycles. The highest BCUT2D eigenvalue weighted by Gasteiger charge is 2.36. The molecule has 150 valence electrons. The molecule has 1 amide bonds. The van der Waals surface area contributed by atoms with Crippen LogP contribution in [0.5, 0.6) is 0 Å². The van der Waals surface area contributed by atoms with Crippen LogP contribution in [-0.4, -0.2) is 37.4 Å². The maximum Gasteiger partial charge on any atom is 0.232 e. The second kappa shape index (κ2) is 8.47. The normalized spacial score (nSPS) is 17.9. The average molecular weight is 427 g/mol. The summed E-state index contributed by atoms with van der Waals surface area (Å²) in [6.07, 6.45) is 1.08. The van der Waals surface area contributed by atoms with E-state index in [9.17, 15) is 13.2 Å². The monoisotopic (exact) mass is 426 g/mol. The highest BCUT2D eigenvalue weighted by molar-refractivity contribution is 7.91. The lowest BCUT2D eigenvalue weighted by molar-refractivity contribution is -0.121. The van der Waals surface area contributed by atoms with Crippen molar-refractivity contribution in [3.05, 3.63) is 71.6 Å². The van der Waals surface area contributed by atoms with Crippen molar-refractivity contribution in [3.8, 4) is 11.3 Å². The number of sulfone groups is 1. The summed E-state index contributed by atoms with van der Waals surface area (Å²) in [6, 6.07) is 19.8. The van der Waals surface area contributed by atoms with E-state index >= 15 is 0 Å². The van der Waals surface area contributed by atoms with Crippen LogP contribution in [0.15, 0.2) is 66.0 Å². The largest absolute Gasteiger partial charge is 0.288 e. The lowest BCUT2D eigenvalue weighted by Crippen LogP contribution is -2.38. The SMILES string of the molecule is O=C(C1CCS(=O)(=O)C1)N(CCc1ccccc1)c1nc(-c2ccccc2)cs1. The van der Waals surface area contributed by atoms with Crippen molar-refractivity contribution in [1.82, 2.24) is 4.98 Å². The first kappa shape index (κ1) is 19.8. The molecule has 1 saturated heterocycles. The Labute approximate surface area is 175 Å². The number of aromatic nitrogens is 1. The molecule has 3 aromatic rings. The molecular weight excluding hydrogens is 404 g/mol. The van der Waals surface area contributed by atoms with Crippen LogP contribution in [0.2, 0.25) is 0 Å². The number of nitrogens with zero attached hydrogens (tertiary/aromatic N) is 2. The van der Waals surface area contributed by atoms with Crippen LogP contribution in [0.25, 0.3) is 11.3 Å². The van der Waals surface area contributed by atoms with Crippen molar-refractivity contribution in [2.24, 2.45) is 5.92 Å². The number of thiazole rings is 1. The topological polar surface area (TPSA) is 67.3 Å². The Kier molecular flexibility index (Phi) is 5.78. The third-order valence-electron chi connectivity index (χ3n) is 5.11. The van der Waals surface area contributed by atoms with Crippen LogP contribution in [0, 0.1) is 5.92 Å². The van der Waals surface area contributed by atoms with Crippen LogP contribution in [-0.2, 0) is 21.1 Å². The van der Waals surface area contributed by atoms with Gasteiger partial charge in [0.05, 0.1) is 23.1 Å². The van der Waals surface area contributed by atoms with Gasteiger partial charge in [0.25, 0.3) is 0 Å². The van der Waals surface area contributed by atoms with Crippen molar-refractivity contribution < 1.29 is 13.2 Å². The Morgan fingerprint density at radius 1 is 1.07 bits per heavy atom. The van der Waals surface area contributed by atoms with E-state index in [1.807, 2.05) is 66.0 Å². The molecule has 1 aliphatic rings. The lowest BCUT2D eigenvalue weighted by Gasteiger charge is -2.23. The zero-order valence-corrected chi connectivity index (χ0v) is 17.5. The molecule has 0 aliphatic carbocycles. The van der Waals surface area contributed by atoms with Crippen molar-refractivity contribution >= 4 is 32.2 Å². The second-order valence-corrected chi connectivity index (χ2v) is 10.3. The molecule has 2 aromatic carbocycles. The van der Waals surface area contributed by atoms with E-state index in [1.54, 1.807) is 4.90 Å². The minimum Gasteiger partial charge on any atom is -0.288 e. The average Bonchev–Trinajstić information content (AvgIpc) is 3.36. The summed E-state index contributed by atoms with van der Waals surface area (Å²) in [6.45, 7) is 0.473. The third-order valence-corrected chi connectivity index (χ3v) is 7.74. The summed E-state index contributed by atoms with van der Waals surface area (Å²) in [5.41, 5.74) is 2.94. The molecule has 29 heavy (non-hydrogen) atoms. The van der Waals surface area contributed by atoms with Crippen LogP contribution in [0.1, 0.15) is 12.0 Å². The van der Waals surface area contributed by atoms with Gasteiger partial charge in [0.15, 0.2) is 15.0 Å². The first-order chi connectivity index (χ1) is 14.0. The predicted octanol–water partition coefficient (Wildman–Crippen LogP) is 3.82. The molecule has 0 radical (unpaired) electrons. The molecule has 2 heterocycles. The first-order valence-electron chi connectivity index (χ1n) is 9.58. The molecule has 1 aromatic heterocycles. The van der Waals surface area contributed by atoms with Crippen molar-refractivity contribution in [3.63, 3.8) is 0 Å². The Morgan fingerprint density at radius 3 is 2.41 bits per heavy atom. The molecular formula is C22H22N2O3S2. The van der Waals surface area contributed by atoms with Crippen LogP contribution >= 0.6 is 11.3 Å². The molecule has 1 fully saturated rings. The van der Waals surface area contributed by atoms with Crippen LogP contribution in [0.4, 0.5) is 5.13 Å². The first-order valence-corrected chi connectivity index (χ1v) is 12.3. The molecule has 0 N–H and O–H groups in total. The van der Waals surface area contributed by atoms with Gasteiger partial charge in [0.2, 0.25) is 5.91 Å². The Hall–Kier alpha value is -2.51. The van der Waals surface area contributed by atoms with E-state index in [4.69, 9.17) is 4.98 Å². The number of hydrogen-bond acceptors (Lipinski definition) is 5. The van der Waals surface area contributed by atoms with Crippen LogP contribution < -0.4 is 4.90 Å². The number of hydrogen-bond donors (Lipinski definition) is 0. The zero-order chi connectivity index (χ0) is 20.3. The predicted molar refractivity (Wildman–Crippen MR) is 117 cm³/mol. The number of rotatable bonds is 6. The molecule has 1 atom stereocenters. The fraction of sp³-hybridized carbons (Fsp3) is 0.273. The standard InChI is InChI=1S/C22H22N2O3S2/c25-21(19-12-14-29(26,27)16-19)24(13-11-17-7-3-1-4-8-17)22-23-20(15-28-22)18-9-5-2-6-10-18/h1-10,15,19H,11-14,16H2. The van der Waals surface area contributed by atoms with E-state index in [1.165, 1.54) is 11.3 Å². The van der Waals surface area contributed by atoms with Gasteiger partial charge in [-0.25, -0.2) is 13.4 Å². The number of benzene rings is 2. The summed E-state index contributed by atoms with van der Waals surface area (Å²) in [4.78, 5) is 19.6. The van der Waals surface area contributed by atoms with E-state index in [2.05, 4.69) is 0 Å². The molecule has 0 saturated carbocycles. The number of anilines is 1. The smallest absolute Gasteiger partial charge is 0.232 e. The number of carbonyl (C=O) groups excluding carboxylic acids is 1. The van der Waals surface area contributed by atoms with E-state index in [0.29, 0.717) is 24.5 Å². The van der Waals surface area contributed by atoms with Gasteiger partial charge in [0, 0.05) is 17.5 Å². The summed E-state index contributed by atoms with van der Waals surface area (Å²) in [5.74, 6) is -0.607. The van der Waals surface area contributed by atoms with Crippen LogP contribution in [0.3, 0.4) is 0 Å². The summed E-state index contributed by atoms with van der Waals surface area (Å²) in [5, 5.41) is 2.56. The van der Waals surface area contributed by atoms with Crippen molar-refractivity contribution in [1.29, 1.82) is 0 Å². The van der Waals surface area contributed by atoms with Crippen molar-refractivity contribution in [2.45, 2.75) is 12.8 Å². The Morgan fingerprint density at radius 2 is 1.76 bits per heavy atom. The highest BCUT2D eigenvalue weighted by Crippen LogP contribution is 2.30. The Bertz CT molecular complexity index is 1080. The van der Waals surface area contributed by atoms with Crippen molar-refractivity contribution in [2.75, 3.05) is 23.0 Å². The molecule has 5 nitrogen and oxygen atoms in total. The van der Waals surface area contributed by atoms with Gasteiger partial charge in [-0.1, -0.05) is 60.7 Å². The van der Waals surface area contributed by atoms with E-state index < -0.39 is 15.8 Å². The molecule has 4 rings (SSSR count). The van der Waals surface area contributed by atoms with E-state index in [-0.39, 0.29) is 17.4 Å². The quantitative estimate of drug-likeness (QED) is 0.601. The fourth-order valence-electron chi connectivity index (χ4n) is 3.53. The fourth-order valence-corrected chi connectivity index (χ4v) is 6.12. The maximum absolute atomic E-state index is 13.2. The van der Waals surface area contributed by atoms with Gasteiger partial charge in [-0.3, -0.25) is 9.69 Å². The van der Waals surface area contributed by atoms with Gasteiger partial charge in [-0.05, 0) is 18.4 Å². The molecule has 7 heteroatoms. The third kappa shape index (κ3) is 4.74. The number of carbonyl (C=O) groups is 1. The van der Waals surface area contributed by atoms with E-state index in [0.717, 1.165) is 16.8 Å². The Balaban J connectivity index is 1.59. The van der Waals surface area contributed by atoms with Gasteiger partial charge in [-0.2, -0.15) is 0 Å². The molecule has 0 bridgehead atoms. The van der Waals surface area contributed by atoms with Gasteiger partial charge in [0.1, 0.15) is 0 Å². The van der Waals surface area contributed by atoms with Gasteiger partial charge in [-0.15, -0.1) is 11.3 Å².